The SMILES string of the molecule is CC(C)OC(C)OC(=O)OCC(COC(=O)C(C)(C)C)COC(=O)C(C)(C)C. The highest BCUT2D eigenvalue weighted by Gasteiger charge is 2.28. The Balaban J connectivity index is 4.72. The monoisotopic (exact) mass is 404 g/mol. The van der Waals surface area contributed by atoms with Gasteiger partial charge in [0.1, 0.15) is 19.8 Å². The summed E-state index contributed by atoms with van der Waals surface area (Å²) in [5.41, 5.74) is -1.34. The van der Waals surface area contributed by atoms with Crippen LogP contribution in [0.4, 0.5) is 4.79 Å². The van der Waals surface area contributed by atoms with E-state index < -0.39 is 41.1 Å². The summed E-state index contributed by atoms with van der Waals surface area (Å²) >= 11 is 0. The Hall–Kier alpha value is -1.83. The van der Waals surface area contributed by atoms with Crippen molar-refractivity contribution in [3.05, 3.63) is 0 Å². The first kappa shape index (κ1) is 26.2. The number of carbonyl (C=O) groups is 3. The number of hydrogen-bond acceptors (Lipinski definition) is 8. The Morgan fingerprint density at radius 2 is 1.11 bits per heavy atom. The summed E-state index contributed by atoms with van der Waals surface area (Å²) in [5, 5.41) is 0. The lowest BCUT2D eigenvalue weighted by Crippen LogP contribution is -2.32. The molecule has 0 aliphatic heterocycles. The van der Waals surface area contributed by atoms with Crippen LogP contribution in [0.25, 0.3) is 0 Å². The van der Waals surface area contributed by atoms with Gasteiger partial charge in [0.05, 0.1) is 22.9 Å². The van der Waals surface area contributed by atoms with E-state index in [1.54, 1.807) is 48.5 Å². The van der Waals surface area contributed by atoms with Crippen LogP contribution in [-0.2, 0) is 33.3 Å². The van der Waals surface area contributed by atoms with Crippen LogP contribution >= 0.6 is 0 Å². The third-order valence-electron chi connectivity index (χ3n) is 3.29. The van der Waals surface area contributed by atoms with E-state index in [4.69, 9.17) is 23.7 Å². The molecular formula is C20H36O8. The molecule has 0 aliphatic carbocycles. The molecule has 0 radical (unpaired) electrons. The Bertz CT molecular complexity index is 483. The maximum atomic E-state index is 12.0. The van der Waals surface area contributed by atoms with E-state index in [0.29, 0.717) is 0 Å². The molecule has 0 aromatic carbocycles. The van der Waals surface area contributed by atoms with E-state index in [2.05, 4.69) is 0 Å². The summed E-state index contributed by atoms with van der Waals surface area (Å²) in [6, 6.07) is 0. The molecule has 0 spiro atoms. The minimum absolute atomic E-state index is 0.0567. The summed E-state index contributed by atoms with van der Waals surface area (Å²) in [6.45, 7) is 15.3. The highest BCUT2D eigenvalue weighted by molar-refractivity contribution is 5.75. The van der Waals surface area contributed by atoms with Gasteiger partial charge in [0.15, 0.2) is 0 Å². The van der Waals surface area contributed by atoms with Gasteiger partial charge in [-0.05, 0) is 62.3 Å². The second kappa shape index (κ2) is 11.2. The number of hydrogen-bond donors (Lipinski definition) is 0. The van der Waals surface area contributed by atoms with Crippen molar-refractivity contribution in [1.82, 2.24) is 0 Å². The molecule has 8 nitrogen and oxygen atoms in total. The van der Waals surface area contributed by atoms with E-state index in [9.17, 15) is 14.4 Å². The van der Waals surface area contributed by atoms with Crippen LogP contribution in [0.2, 0.25) is 0 Å². The fourth-order valence-corrected chi connectivity index (χ4v) is 1.73. The predicted molar refractivity (Wildman–Crippen MR) is 102 cm³/mol. The highest BCUT2D eigenvalue weighted by Crippen LogP contribution is 2.18. The normalized spacial score (nSPS) is 13.2. The standard InChI is InChI=1S/C20H36O8/c1-13(2)27-14(3)28-18(23)26-12-15(10-24-16(21)19(4,5)6)11-25-17(22)20(7,8)9/h13-15H,10-12H2,1-9H3. The molecule has 0 rings (SSSR count). The van der Waals surface area contributed by atoms with Crippen LogP contribution < -0.4 is 0 Å². The van der Waals surface area contributed by atoms with Gasteiger partial charge in [0, 0.05) is 0 Å². The number of rotatable bonds is 9. The zero-order chi connectivity index (χ0) is 22.1. The Kier molecular flexibility index (Phi) is 10.5. The van der Waals surface area contributed by atoms with Crippen LogP contribution in [-0.4, -0.2) is 50.3 Å². The molecule has 8 heteroatoms. The minimum atomic E-state index is -0.914. The van der Waals surface area contributed by atoms with E-state index >= 15 is 0 Å². The van der Waals surface area contributed by atoms with Gasteiger partial charge in [-0.25, -0.2) is 4.79 Å². The molecule has 0 N–H and O–H groups in total. The van der Waals surface area contributed by atoms with Crippen molar-refractivity contribution in [3.8, 4) is 0 Å². The van der Waals surface area contributed by atoms with Crippen LogP contribution in [0.5, 0.6) is 0 Å². The Labute approximate surface area is 168 Å². The van der Waals surface area contributed by atoms with Gasteiger partial charge in [-0.3, -0.25) is 9.59 Å². The topological polar surface area (TPSA) is 97.4 Å². The predicted octanol–water partition coefficient (Wildman–Crippen LogP) is 3.71. The molecule has 164 valence electrons. The first-order valence-electron chi connectivity index (χ1n) is 9.46. The lowest BCUT2D eigenvalue weighted by atomic mass is 9.97. The van der Waals surface area contributed by atoms with Crippen LogP contribution in [0, 0.1) is 16.7 Å². The van der Waals surface area contributed by atoms with Gasteiger partial charge in [0.2, 0.25) is 6.29 Å². The zero-order valence-electron chi connectivity index (χ0n) is 18.6. The third-order valence-corrected chi connectivity index (χ3v) is 3.29. The molecule has 0 saturated heterocycles. The molecule has 0 aromatic rings. The zero-order valence-corrected chi connectivity index (χ0v) is 18.6. The van der Waals surface area contributed by atoms with Gasteiger partial charge >= 0.3 is 18.1 Å². The smallest absolute Gasteiger partial charge is 0.465 e. The van der Waals surface area contributed by atoms with Gasteiger partial charge in [0.25, 0.3) is 0 Å². The number of esters is 2. The summed E-state index contributed by atoms with van der Waals surface area (Å²) in [5.74, 6) is -1.33. The number of ether oxygens (including phenoxy) is 5. The van der Waals surface area contributed by atoms with Crippen molar-refractivity contribution >= 4 is 18.1 Å². The van der Waals surface area contributed by atoms with Crippen molar-refractivity contribution in [1.29, 1.82) is 0 Å². The highest BCUT2D eigenvalue weighted by atomic mass is 16.8. The minimum Gasteiger partial charge on any atom is -0.465 e. The van der Waals surface area contributed by atoms with Crippen LogP contribution in [0.1, 0.15) is 62.3 Å². The van der Waals surface area contributed by atoms with Gasteiger partial charge < -0.3 is 23.7 Å². The Morgan fingerprint density at radius 1 is 0.714 bits per heavy atom. The van der Waals surface area contributed by atoms with E-state index in [0.717, 1.165) is 0 Å². The summed E-state index contributed by atoms with van der Waals surface area (Å²) in [4.78, 5) is 35.7. The first-order chi connectivity index (χ1) is 12.6. The van der Waals surface area contributed by atoms with Gasteiger partial charge in [-0.15, -0.1) is 0 Å². The molecule has 0 amide bonds. The van der Waals surface area contributed by atoms with Gasteiger partial charge in [-0.1, -0.05) is 0 Å². The second-order valence-corrected chi connectivity index (χ2v) is 8.99. The molecule has 0 heterocycles. The van der Waals surface area contributed by atoms with Gasteiger partial charge in [-0.2, -0.15) is 0 Å². The molecule has 0 aliphatic rings. The molecule has 28 heavy (non-hydrogen) atoms. The second-order valence-electron chi connectivity index (χ2n) is 8.99. The summed E-state index contributed by atoms with van der Waals surface area (Å²) in [7, 11) is 0. The molecule has 1 unspecified atom stereocenters. The van der Waals surface area contributed by atoms with E-state index in [1.165, 1.54) is 0 Å². The summed E-state index contributed by atoms with van der Waals surface area (Å²) in [6.07, 6.45) is -1.78. The average molecular weight is 405 g/mol. The van der Waals surface area contributed by atoms with Crippen molar-refractivity contribution in [2.24, 2.45) is 16.7 Å². The average Bonchev–Trinajstić information content (AvgIpc) is 2.50. The van der Waals surface area contributed by atoms with E-state index in [-0.39, 0.29) is 25.9 Å². The van der Waals surface area contributed by atoms with Crippen molar-refractivity contribution < 1.29 is 38.1 Å². The molecule has 0 saturated carbocycles. The lowest BCUT2D eigenvalue weighted by Gasteiger charge is -2.23. The molecule has 0 bridgehead atoms. The molecule has 0 aromatic heterocycles. The van der Waals surface area contributed by atoms with Crippen LogP contribution in [0.15, 0.2) is 0 Å². The first-order valence-corrected chi connectivity index (χ1v) is 9.46. The molecule has 0 fully saturated rings. The largest absolute Gasteiger partial charge is 0.510 e. The maximum absolute atomic E-state index is 12.0. The lowest BCUT2D eigenvalue weighted by molar-refractivity contribution is -0.160. The molecular weight excluding hydrogens is 368 g/mol. The van der Waals surface area contributed by atoms with Crippen molar-refractivity contribution in [3.63, 3.8) is 0 Å². The third kappa shape index (κ3) is 11.8. The Morgan fingerprint density at radius 3 is 1.46 bits per heavy atom. The maximum Gasteiger partial charge on any atom is 0.510 e. The quantitative estimate of drug-likeness (QED) is 0.326. The van der Waals surface area contributed by atoms with Crippen LogP contribution in [0.3, 0.4) is 0 Å². The fourth-order valence-electron chi connectivity index (χ4n) is 1.73. The summed E-state index contributed by atoms with van der Waals surface area (Å²) < 4.78 is 25.9. The van der Waals surface area contributed by atoms with Crippen molar-refractivity contribution in [2.45, 2.75) is 74.7 Å². The number of carbonyl (C=O) groups excluding carboxylic acids is 3. The van der Waals surface area contributed by atoms with Crippen molar-refractivity contribution in [2.75, 3.05) is 19.8 Å². The fraction of sp³-hybridized carbons (Fsp3) is 0.850. The van der Waals surface area contributed by atoms with E-state index in [1.807, 2.05) is 13.8 Å². The molecule has 1 atom stereocenters.